The van der Waals surface area contributed by atoms with Crippen molar-refractivity contribution < 1.29 is 24.2 Å². The van der Waals surface area contributed by atoms with Gasteiger partial charge < -0.3 is 19.9 Å². The van der Waals surface area contributed by atoms with Gasteiger partial charge in [-0.3, -0.25) is 9.59 Å². The van der Waals surface area contributed by atoms with E-state index >= 15 is 0 Å². The van der Waals surface area contributed by atoms with Crippen molar-refractivity contribution >= 4 is 27.8 Å². The Morgan fingerprint density at radius 2 is 2.09 bits per heavy atom. The summed E-state index contributed by atoms with van der Waals surface area (Å²) in [5.74, 6) is -0.821. The van der Waals surface area contributed by atoms with Crippen LogP contribution in [-0.4, -0.2) is 43.9 Å². The van der Waals surface area contributed by atoms with E-state index in [0.717, 1.165) is 4.47 Å². The third-order valence-corrected chi connectivity index (χ3v) is 4.39. The summed E-state index contributed by atoms with van der Waals surface area (Å²) in [5, 5.41) is 12.2. The van der Waals surface area contributed by atoms with Crippen LogP contribution in [0.2, 0.25) is 0 Å². The lowest BCUT2D eigenvalue weighted by molar-refractivity contribution is -0.154. The van der Waals surface area contributed by atoms with E-state index in [2.05, 4.69) is 21.2 Å². The van der Waals surface area contributed by atoms with Crippen molar-refractivity contribution in [1.82, 2.24) is 5.32 Å². The van der Waals surface area contributed by atoms with E-state index in [4.69, 9.17) is 9.47 Å². The normalized spacial score (nSPS) is 16.8. The number of hydrogen-bond donors (Lipinski definition) is 2. The van der Waals surface area contributed by atoms with Crippen molar-refractivity contribution in [2.24, 2.45) is 5.41 Å². The molecule has 1 amide bonds. The molecular weight excluding hydrogens is 354 g/mol. The fraction of sp³-hybridized carbons (Fsp3) is 0.467. The summed E-state index contributed by atoms with van der Waals surface area (Å²) in [6.07, 6.45) is 0.778. The molecule has 0 radical (unpaired) electrons. The number of methoxy groups -OCH3 is 1. The maximum absolute atomic E-state index is 12.3. The molecule has 7 heteroatoms. The average Bonchev–Trinajstić information content (AvgIpc) is 2.53. The quantitative estimate of drug-likeness (QED) is 0.827. The summed E-state index contributed by atoms with van der Waals surface area (Å²) in [6, 6.07) is 5.06. The molecule has 0 atom stereocenters. The van der Waals surface area contributed by atoms with Crippen molar-refractivity contribution in [1.29, 1.82) is 0 Å². The van der Waals surface area contributed by atoms with Gasteiger partial charge in [0.1, 0.15) is 5.75 Å². The van der Waals surface area contributed by atoms with Crippen LogP contribution in [0, 0.1) is 5.41 Å². The van der Waals surface area contributed by atoms with Gasteiger partial charge in [-0.05, 0) is 31.0 Å². The molecule has 0 aromatic heterocycles. The molecule has 1 heterocycles. The summed E-state index contributed by atoms with van der Waals surface area (Å²) >= 11 is 3.31. The molecule has 6 nitrogen and oxygen atoms in total. The fourth-order valence-corrected chi connectivity index (χ4v) is 2.77. The van der Waals surface area contributed by atoms with E-state index in [0.29, 0.717) is 37.4 Å². The second-order valence-corrected chi connectivity index (χ2v) is 6.14. The minimum atomic E-state index is -0.962. The SMILES string of the molecule is COc1cc(Br)ccc1C(=O)NCC1(C(=O)O)CCOCC1. The number of carboxylic acids is 1. The lowest BCUT2D eigenvalue weighted by Crippen LogP contribution is -2.46. The Bertz CT molecular complexity index is 569. The number of amides is 1. The molecule has 0 unspecified atom stereocenters. The van der Waals surface area contributed by atoms with Gasteiger partial charge in [0.25, 0.3) is 5.91 Å². The van der Waals surface area contributed by atoms with E-state index in [9.17, 15) is 14.7 Å². The maximum atomic E-state index is 12.3. The van der Waals surface area contributed by atoms with E-state index in [1.165, 1.54) is 7.11 Å². The molecule has 120 valence electrons. The van der Waals surface area contributed by atoms with Gasteiger partial charge in [-0.25, -0.2) is 0 Å². The summed E-state index contributed by atoms with van der Waals surface area (Å²) < 4.78 is 11.2. The van der Waals surface area contributed by atoms with Crippen LogP contribution in [-0.2, 0) is 9.53 Å². The molecule has 1 aliphatic heterocycles. The Balaban J connectivity index is 2.10. The Hall–Kier alpha value is -1.60. The Labute approximate surface area is 136 Å². The number of ether oxygens (including phenoxy) is 2. The Morgan fingerprint density at radius 3 is 2.68 bits per heavy atom. The number of nitrogens with one attached hydrogen (secondary N) is 1. The number of benzene rings is 1. The first-order chi connectivity index (χ1) is 10.5. The second-order valence-electron chi connectivity index (χ2n) is 5.23. The molecule has 1 saturated heterocycles. The van der Waals surface area contributed by atoms with Crippen LogP contribution in [0.5, 0.6) is 5.75 Å². The zero-order valence-electron chi connectivity index (χ0n) is 12.2. The van der Waals surface area contributed by atoms with Crippen LogP contribution < -0.4 is 10.1 Å². The van der Waals surface area contributed by atoms with Crippen LogP contribution in [0.3, 0.4) is 0 Å². The van der Waals surface area contributed by atoms with Gasteiger partial charge in [-0.2, -0.15) is 0 Å². The van der Waals surface area contributed by atoms with E-state index in [-0.39, 0.29) is 12.5 Å². The van der Waals surface area contributed by atoms with Gasteiger partial charge in [0.15, 0.2) is 0 Å². The lowest BCUT2D eigenvalue weighted by atomic mass is 9.80. The van der Waals surface area contributed by atoms with Crippen molar-refractivity contribution in [2.45, 2.75) is 12.8 Å². The van der Waals surface area contributed by atoms with Gasteiger partial charge in [-0.1, -0.05) is 15.9 Å². The number of carbonyl (C=O) groups excluding carboxylic acids is 1. The topological polar surface area (TPSA) is 84.9 Å². The van der Waals surface area contributed by atoms with Crippen molar-refractivity contribution in [3.05, 3.63) is 28.2 Å². The number of hydrogen-bond acceptors (Lipinski definition) is 4. The first-order valence-corrected chi connectivity index (χ1v) is 7.71. The Kier molecular flexibility index (Phi) is 5.42. The van der Waals surface area contributed by atoms with Gasteiger partial charge in [0.05, 0.1) is 18.1 Å². The fourth-order valence-electron chi connectivity index (χ4n) is 2.43. The summed E-state index contributed by atoms with van der Waals surface area (Å²) in [7, 11) is 1.48. The van der Waals surface area contributed by atoms with Crippen molar-refractivity contribution in [3.63, 3.8) is 0 Å². The summed E-state index contributed by atoms with van der Waals surface area (Å²) in [4.78, 5) is 23.9. The number of carboxylic acid groups (broad SMARTS) is 1. The zero-order valence-corrected chi connectivity index (χ0v) is 13.8. The predicted molar refractivity (Wildman–Crippen MR) is 83.1 cm³/mol. The predicted octanol–water partition coefficient (Wildman–Crippen LogP) is 2.07. The minimum absolute atomic E-state index is 0.0732. The molecule has 1 fully saturated rings. The molecule has 2 rings (SSSR count). The molecule has 0 aliphatic carbocycles. The van der Waals surface area contributed by atoms with Crippen LogP contribution in [0.25, 0.3) is 0 Å². The van der Waals surface area contributed by atoms with Crippen LogP contribution in [0.1, 0.15) is 23.2 Å². The van der Waals surface area contributed by atoms with Crippen molar-refractivity contribution in [2.75, 3.05) is 26.9 Å². The lowest BCUT2D eigenvalue weighted by Gasteiger charge is -2.33. The third kappa shape index (κ3) is 3.59. The highest BCUT2D eigenvalue weighted by atomic mass is 79.9. The van der Waals surface area contributed by atoms with Crippen LogP contribution >= 0.6 is 15.9 Å². The summed E-state index contributed by atoms with van der Waals surface area (Å²) in [5.41, 5.74) is -0.588. The van der Waals surface area contributed by atoms with E-state index in [1.54, 1.807) is 18.2 Å². The molecular formula is C15H18BrNO5. The van der Waals surface area contributed by atoms with E-state index in [1.807, 2.05) is 0 Å². The smallest absolute Gasteiger partial charge is 0.311 e. The minimum Gasteiger partial charge on any atom is -0.496 e. The highest BCUT2D eigenvalue weighted by Crippen LogP contribution is 2.30. The first kappa shape index (κ1) is 16.8. The average molecular weight is 372 g/mol. The number of rotatable bonds is 5. The molecule has 2 N–H and O–H groups in total. The number of carbonyl (C=O) groups is 2. The standard InChI is InChI=1S/C15H18BrNO5/c1-21-12-8-10(16)2-3-11(12)13(18)17-9-15(14(19)20)4-6-22-7-5-15/h2-3,8H,4-7,9H2,1H3,(H,17,18)(H,19,20). The monoisotopic (exact) mass is 371 g/mol. The molecule has 0 saturated carbocycles. The second kappa shape index (κ2) is 7.11. The van der Waals surface area contributed by atoms with Crippen LogP contribution in [0.4, 0.5) is 0 Å². The zero-order chi connectivity index (χ0) is 16.2. The highest BCUT2D eigenvalue weighted by molar-refractivity contribution is 9.10. The number of aliphatic carboxylic acids is 1. The van der Waals surface area contributed by atoms with Gasteiger partial charge in [-0.15, -0.1) is 0 Å². The third-order valence-electron chi connectivity index (χ3n) is 3.90. The highest BCUT2D eigenvalue weighted by Gasteiger charge is 2.40. The van der Waals surface area contributed by atoms with Crippen molar-refractivity contribution in [3.8, 4) is 5.75 Å². The first-order valence-electron chi connectivity index (χ1n) is 6.91. The molecule has 0 spiro atoms. The van der Waals surface area contributed by atoms with Crippen LogP contribution in [0.15, 0.2) is 22.7 Å². The molecule has 0 bridgehead atoms. The largest absolute Gasteiger partial charge is 0.496 e. The van der Waals surface area contributed by atoms with Gasteiger partial charge in [0, 0.05) is 24.2 Å². The van der Waals surface area contributed by atoms with E-state index < -0.39 is 11.4 Å². The number of halogens is 1. The maximum Gasteiger partial charge on any atom is 0.311 e. The molecule has 1 aromatic rings. The molecule has 1 aromatic carbocycles. The summed E-state index contributed by atoms with van der Waals surface area (Å²) in [6.45, 7) is 0.858. The molecule has 22 heavy (non-hydrogen) atoms. The molecule has 1 aliphatic rings. The Morgan fingerprint density at radius 1 is 1.41 bits per heavy atom. The van der Waals surface area contributed by atoms with Gasteiger partial charge >= 0.3 is 5.97 Å². The van der Waals surface area contributed by atoms with Gasteiger partial charge in [0.2, 0.25) is 0 Å².